The lowest BCUT2D eigenvalue weighted by Crippen LogP contribution is -1.93. The zero-order chi connectivity index (χ0) is 13.0. The third kappa shape index (κ3) is 3.16. The molecule has 0 bridgehead atoms. The molecule has 0 aromatic heterocycles. The van der Waals surface area contributed by atoms with Gasteiger partial charge in [0.1, 0.15) is 5.82 Å². The zero-order valence-electron chi connectivity index (χ0n) is 11.0. The molecular weight excluding hydrogens is 211 g/mol. The molecule has 0 atom stereocenters. The highest BCUT2D eigenvalue weighted by atomic mass is 19.1. The van der Waals surface area contributed by atoms with E-state index in [4.69, 9.17) is 0 Å². The van der Waals surface area contributed by atoms with Crippen molar-refractivity contribution in [3.63, 3.8) is 0 Å². The molecule has 0 heterocycles. The van der Waals surface area contributed by atoms with Crippen molar-refractivity contribution < 1.29 is 4.39 Å². The van der Waals surface area contributed by atoms with Gasteiger partial charge in [-0.25, -0.2) is 4.39 Å². The van der Waals surface area contributed by atoms with Crippen LogP contribution in [0.4, 0.5) is 4.39 Å². The van der Waals surface area contributed by atoms with Crippen LogP contribution >= 0.6 is 0 Å². The van der Waals surface area contributed by atoms with E-state index in [0.717, 1.165) is 22.3 Å². The minimum Gasteiger partial charge on any atom is -0.207 e. The average molecular weight is 230 g/mol. The number of benzene rings is 1. The van der Waals surface area contributed by atoms with Crippen molar-refractivity contribution in [3.05, 3.63) is 65.0 Å². The van der Waals surface area contributed by atoms with Crippen LogP contribution in [-0.4, -0.2) is 0 Å². The molecule has 0 spiro atoms. The molecule has 0 saturated carbocycles. The van der Waals surface area contributed by atoms with Crippen molar-refractivity contribution in [2.24, 2.45) is 0 Å². The lowest BCUT2D eigenvalue weighted by atomic mass is 9.91. The van der Waals surface area contributed by atoms with Gasteiger partial charge in [-0.2, -0.15) is 0 Å². The Morgan fingerprint density at radius 3 is 2.06 bits per heavy atom. The first-order valence-electron chi connectivity index (χ1n) is 5.73. The molecule has 0 amide bonds. The van der Waals surface area contributed by atoms with E-state index >= 15 is 0 Å². The maximum atomic E-state index is 12.9. The van der Waals surface area contributed by atoms with Gasteiger partial charge in [0.15, 0.2) is 0 Å². The predicted octanol–water partition coefficient (Wildman–Crippen LogP) is 5.14. The topological polar surface area (TPSA) is 0 Å². The highest BCUT2D eigenvalue weighted by Crippen LogP contribution is 2.29. The normalized spacial score (nSPS) is 13.4. The standard InChI is InChI=1S/C16H19F/c1-6-12(4)16(13(5)11(2)3)14-7-9-15(17)10-8-14/h6-10H,2H2,1,3-5H3/b12-6?,16-13+. The van der Waals surface area contributed by atoms with Crippen molar-refractivity contribution in [2.75, 3.05) is 0 Å². The molecule has 1 rings (SSSR count). The monoisotopic (exact) mass is 230 g/mol. The minimum atomic E-state index is -0.209. The van der Waals surface area contributed by atoms with Crippen molar-refractivity contribution in [1.82, 2.24) is 0 Å². The van der Waals surface area contributed by atoms with E-state index < -0.39 is 0 Å². The van der Waals surface area contributed by atoms with Crippen LogP contribution in [0.15, 0.2) is 53.6 Å². The maximum absolute atomic E-state index is 12.9. The number of hydrogen-bond donors (Lipinski definition) is 0. The third-order valence-electron chi connectivity index (χ3n) is 2.98. The second kappa shape index (κ2) is 5.62. The zero-order valence-corrected chi connectivity index (χ0v) is 11.0. The van der Waals surface area contributed by atoms with Crippen LogP contribution < -0.4 is 0 Å². The Kier molecular flexibility index (Phi) is 4.45. The van der Waals surface area contributed by atoms with Gasteiger partial charge in [0.25, 0.3) is 0 Å². The summed E-state index contributed by atoms with van der Waals surface area (Å²) in [6.45, 7) is 12.1. The molecule has 0 nitrogen and oxygen atoms in total. The SMILES string of the molecule is C=C(C)/C(C)=C(\C(C)=CC)c1ccc(F)cc1. The van der Waals surface area contributed by atoms with Crippen LogP contribution in [0.2, 0.25) is 0 Å². The fourth-order valence-corrected chi connectivity index (χ4v) is 1.71. The van der Waals surface area contributed by atoms with Crippen LogP contribution in [0.25, 0.3) is 5.57 Å². The summed E-state index contributed by atoms with van der Waals surface area (Å²) in [7, 11) is 0. The van der Waals surface area contributed by atoms with Crippen LogP contribution in [0.3, 0.4) is 0 Å². The Balaban J connectivity index is 3.40. The fraction of sp³-hybridized carbons (Fsp3) is 0.250. The van der Waals surface area contributed by atoms with Gasteiger partial charge in [-0.1, -0.05) is 30.4 Å². The highest BCUT2D eigenvalue weighted by molar-refractivity contribution is 5.82. The first kappa shape index (κ1) is 13.4. The largest absolute Gasteiger partial charge is 0.207 e. The minimum absolute atomic E-state index is 0.209. The van der Waals surface area contributed by atoms with Crippen LogP contribution in [0.1, 0.15) is 33.3 Å². The second-order valence-corrected chi connectivity index (χ2v) is 4.26. The Morgan fingerprint density at radius 2 is 1.65 bits per heavy atom. The third-order valence-corrected chi connectivity index (χ3v) is 2.98. The molecule has 0 aliphatic carbocycles. The Hall–Kier alpha value is -1.63. The van der Waals surface area contributed by atoms with Crippen molar-refractivity contribution >= 4 is 5.57 Å². The predicted molar refractivity (Wildman–Crippen MR) is 73.2 cm³/mol. The van der Waals surface area contributed by atoms with E-state index in [9.17, 15) is 4.39 Å². The van der Waals surface area contributed by atoms with E-state index in [0.29, 0.717) is 0 Å². The summed E-state index contributed by atoms with van der Waals surface area (Å²) in [5.41, 5.74) is 5.53. The quantitative estimate of drug-likeness (QED) is 0.630. The van der Waals surface area contributed by atoms with Crippen LogP contribution in [-0.2, 0) is 0 Å². The molecule has 1 aromatic carbocycles. The summed E-state index contributed by atoms with van der Waals surface area (Å²) < 4.78 is 12.9. The molecule has 0 aliphatic heterocycles. The lowest BCUT2D eigenvalue weighted by Gasteiger charge is -2.13. The van der Waals surface area contributed by atoms with Gasteiger partial charge in [-0.3, -0.25) is 0 Å². The van der Waals surface area contributed by atoms with E-state index in [2.05, 4.69) is 19.6 Å². The Morgan fingerprint density at radius 1 is 1.12 bits per heavy atom. The highest BCUT2D eigenvalue weighted by Gasteiger charge is 2.08. The fourth-order valence-electron chi connectivity index (χ4n) is 1.71. The van der Waals surface area contributed by atoms with E-state index in [1.165, 1.54) is 17.7 Å². The van der Waals surface area contributed by atoms with Gasteiger partial charge in [0.2, 0.25) is 0 Å². The molecule has 0 saturated heterocycles. The van der Waals surface area contributed by atoms with E-state index in [-0.39, 0.29) is 5.82 Å². The van der Waals surface area contributed by atoms with Gasteiger partial charge >= 0.3 is 0 Å². The number of hydrogen-bond acceptors (Lipinski definition) is 0. The van der Waals surface area contributed by atoms with Gasteiger partial charge in [0.05, 0.1) is 0 Å². The first-order chi connectivity index (χ1) is 7.97. The van der Waals surface area contributed by atoms with Gasteiger partial charge in [0, 0.05) is 0 Å². The summed E-state index contributed by atoms with van der Waals surface area (Å²) in [5.74, 6) is -0.209. The summed E-state index contributed by atoms with van der Waals surface area (Å²) in [5, 5.41) is 0. The molecule has 90 valence electrons. The lowest BCUT2D eigenvalue weighted by molar-refractivity contribution is 0.627. The van der Waals surface area contributed by atoms with Gasteiger partial charge < -0.3 is 0 Å². The molecule has 0 N–H and O–H groups in total. The Bertz CT molecular complexity index is 473. The number of halogens is 1. The summed E-state index contributed by atoms with van der Waals surface area (Å²) >= 11 is 0. The summed E-state index contributed by atoms with van der Waals surface area (Å²) in [6, 6.07) is 6.60. The van der Waals surface area contributed by atoms with Crippen molar-refractivity contribution in [3.8, 4) is 0 Å². The van der Waals surface area contributed by atoms with E-state index in [1.807, 2.05) is 32.9 Å². The molecule has 0 unspecified atom stereocenters. The molecule has 1 heteroatoms. The Labute approximate surface area is 103 Å². The molecule has 0 fully saturated rings. The molecule has 0 radical (unpaired) electrons. The molecule has 17 heavy (non-hydrogen) atoms. The smallest absolute Gasteiger partial charge is 0.123 e. The van der Waals surface area contributed by atoms with E-state index in [1.54, 1.807) is 0 Å². The maximum Gasteiger partial charge on any atom is 0.123 e. The van der Waals surface area contributed by atoms with Crippen molar-refractivity contribution in [1.29, 1.82) is 0 Å². The number of rotatable bonds is 3. The second-order valence-electron chi connectivity index (χ2n) is 4.26. The molecular formula is C16H19F. The van der Waals surface area contributed by atoms with Gasteiger partial charge in [-0.15, -0.1) is 0 Å². The average Bonchev–Trinajstić information content (AvgIpc) is 2.31. The molecule has 0 aliphatic rings. The van der Waals surface area contributed by atoms with Gasteiger partial charge in [-0.05, 0) is 62.1 Å². The number of allylic oxidation sites excluding steroid dienone is 5. The summed E-state index contributed by atoms with van der Waals surface area (Å²) in [6.07, 6.45) is 2.06. The first-order valence-corrected chi connectivity index (χ1v) is 5.73. The van der Waals surface area contributed by atoms with Crippen molar-refractivity contribution in [2.45, 2.75) is 27.7 Å². The molecule has 1 aromatic rings. The summed E-state index contributed by atoms with van der Waals surface area (Å²) in [4.78, 5) is 0. The van der Waals surface area contributed by atoms with Crippen LogP contribution in [0.5, 0.6) is 0 Å². The van der Waals surface area contributed by atoms with Crippen LogP contribution in [0, 0.1) is 5.82 Å².